The molecule has 6 heteroatoms. The molecule has 0 radical (unpaired) electrons. The van der Waals surface area contributed by atoms with Crippen LogP contribution in [-0.4, -0.2) is 27.8 Å². The number of carbonyl (C=O) groups excluding carboxylic acids is 2. The van der Waals surface area contributed by atoms with Gasteiger partial charge in [-0.3, -0.25) is 14.4 Å². The van der Waals surface area contributed by atoms with Gasteiger partial charge < -0.3 is 15.4 Å². The van der Waals surface area contributed by atoms with E-state index < -0.39 is 5.97 Å². The first-order valence-electron chi connectivity index (χ1n) is 8.32. The number of carbonyl (C=O) groups is 3. The fourth-order valence-electron chi connectivity index (χ4n) is 3.20. The van der Waals surface area contributed by atoms with E-state index in [0.717, 1.165) is 24.1 Å². The number of aromatic nitrogens is 1. The lowest BCUT2D eigenvalue weighted by molar-refractivity contribution is -0.136. The van der Waals surface area contributed by atoms with Crippen molar-refractivity contribution < 1.29 is 19.5 Å². The predicted molar refractivity (Wildman–Crippen MR) is 93.2 cm³/mol. The van der Waals surface area contributed by atoms with Crippen LogP contribution in [0, 0.1) is 6.92 Å². The summed E-state index contributed by atoms with van der Waals surface area (Å²) in [7, 11) is 0. The standard InChI is InChI=1S/C19H20N2O4/c1-11-17-14(3-2-4-15(17)22)21-18(11)19(25)20-13-8-5-12(6-9-13)7-10-16(23)24/h5-6,8-9,21H,2-4,7,10H2,1H3,(H,20,25)(H,23,24). The molecule has 0 saturated heterocycles. The second kappa shape index (κ2) is 6.93. The van der Waals surface area contributed by atoms with E-state index >= 15 is 0 Å². The summed E-state index contributed by atoms with van der Waals surface area (Å²) in [6.07, 6.45) is 2.66. The first-order chi connectivity index (χ1) is 12.0. The van der Waals surface area contributed by atoms with Crippen molar-refractivity contribution >= 4 is 23.3 Å². The highest BCUT2D eigenvalue weighted by Gasteiger charge is 2.26. The van der Waals surface area contributed by atoms with Gasteiger partial charge in [0.05, 0.1) is 0 Å². The number of benzene rings is 1. The second-order valence-electron chi connectivity index (χ2n) is 6.30. The average molecular weight is 340 g/mol. The van der Waals surface area contributed by atoms with Gasteiger partial charge in [-0.15, -0.1) is 0 Å². The molecule has 2 aromatic rings. The number of fused-ring (bicyclic) bond motifs is 1. The smallest absolute Gasteiger partial charge is 0.303 e. The molecule has 1 aliphatic carbocycles. The molecule has 0 fully saturated rings. The molecule has 6 nitrogen and oxygen atoms in total. The van der Waals surface area contributed by atoms with Crippen molar-refractivity contribution in [2.75, 3.05) is 5.32 Å². The Morgan fingerprint density at radius 2 is 1.92 bits per heavy atom. The number of hydrogen-bond acceptors (Lipinski definition) is 3. The van der Waals surface area contributed by atoms with Crippen LogP contribution in [0.3, 0.4) is 0 Å². The molecule has 0 bridgehead atoms. The van der Waals surface area contributed by atoms with Crippen LogP contribution in [0.2, 0.25) is 0 Å². The van der Waals surface area contributed by atoms with Gasteiger partial charge in [-0.25, -0.2) is 0 Å². The molecule has 130 valence electrons. The third-order valence-corrected chi connectivity index (χ3v) is 4.50. The molecular formula is C19H20N2O4. The number of rotatable bonds is 5. The van der Waals surface area contributed by atoms with Crippen LogP contribution >= 0.6 is 0 Å². The van der Waals surface area contributed by atoms with Crippen LogP contribution in [0.1, 0.15) is 56.9 Å². The van der Waals surface area contributed by atoms with Gasteiger partial charge in [0.25, 0.3) is 5.91 Å². The zero-order valence-corrected chi connectivity index (χ0v) is 14.0. The minimum absolute atomic E-state index is 0.0763. The van der Waals surface area contributed by atoms with Crippen molar-refractivity contribution in [1.82, 2.24) is 4.98 Å². The average Bonchev–Trinajstić information content (AvgIpc) is 2.92. The molecule has 1 amide bonds. The van der Waals surface area contributed by atoms with Crippen molar-refractivity contribution in [2.45, 2.75) is 39.0 Å². The van der Waals surface area contributed by atoms with E-state index in [4.69, 9.17) is 5.11 Å². The predicted octanol–water partition coefficient (Wildman–Crippen LogP) is 3.11. The highest BCUT2D eigenvalue weighted by molar-refractivity contribution is 6.08. The van der Waals surface area contributed by atoms with E-state index in [2.05, 4.69) is 10.3 Å². The summed E-state index contributed by atoms with van der Waals surface area (Å²) in [5.74, 6) is -1.02. The van der Waals surface area contributed by atoms with Gasteiger partial charge in [0.15, 0.2) is 5.78 Å². The number of amides is 1. The first-order valence-corrected chi connectivity index (χ1v) is 8.32. The van der Waals surface area contributed by atoms with Crippen molar-refractivity contribution in [1.29, 1.82) is 0 Å². The Kier molecular flexibility index (Phi) is 4.70. The van der Waals surface area contributed by atoms with Crippen LogP contribution in [0.25, 0.3) is 0 Å². The number of ketones is 1. The molecule has 1 heterocycles. The summed E-state index contributed by atoms with van der Waals surface area (Å²) in [5, 5.41) is 11.5. The van der Waals surface area contributed by atoms with Gasteiger partial charge in [-0.2, -0.15) is 0 Å². The van der Waals surface area contributed by atoms with Gasteiger partial charge in [0.1, 0.15) is 5.69 Å². The zero-order chi connectivity index (χ0) is 18.0. The SMILES string of the molecule is Cc1c(C(=O)Nc2ccc(CCC(=O)O)cc2)[nH]c2c1C(=O)CCC2. The van der Waals surface area contributed by atoms with Gasteiger partial charge in [0, 0.05) is 29.8 Å². The molecule has 0 saturated carbocycles. The van der Waals surface area contributed by atoms with Crippen LogP contribution < -0.4 is 5.32 Å². The minimum Gasteiger partial charge on any atom is -0.481 e. The number of aliphatic carboxylic acids is 1. The Balaban J connectivity index is 1.72. The summed E-state index contributed by atoms with van der Waals surface area (Å²) in [6, 6.07) is 7.10. The third kappa shape index (κ3) is 3.63. The second-order valence-corrected chi connectivity index (χ2v) is 6.30. The van der Waals surface area contributed by atoms with Crippen LogP contribution in [0.15, 0.2) is 24.3 Å². The van der Waals surface area contributed by atoms with Gasteiger partial charge in [-0.1, -0.05) is 12.1 Å². The van der Waals surface area contributed by atoms with Gasteiger partial charge in [-0.05, 0) is 49.4 Å². The molecular weight excluding hydrogens is 320 g/mol. The number of hydrogen-bond donors (Lipinski definition) is 3. The van der Waals surface area contributed by atoms with E-state index in [-0.39, 0.29) is 18.1 Å². The highest BCUT2D eigenvalue weighted by Crippen LogP contribution is 2.27. The normalized spacial score (nSPS) is 13.4. The molecule has 1 aromatic heterocycles. The number of anilines is 1. The Hall–Kier alpha value is -2.89. The quantitative estimate of drug-likeness (QED) is 0.778. The molecule has 3 rings (SSSR count). The maximum atomic E-state index is 12.5. The van der Waals surface area contributed by atoms with Gasteiger partial charge >= 0.3 is 5.97 Å². The summed E-state index contributed by atoms with van der Waals surface area (Å²) in [4.78, 5) is 38.3. The summed E-state index contributed by atoms with van der Waals surface area (Å²) < 4.78 is 0. The van der Waals surface area contributed by atoms with Crippen LogP contribution in [0.5, 0.6) is 0 Å². The Morgan fingerprint density at radius 1 is 1.20 bits per heavy atom. The fourth-order valence-corrected chi connectivity index (χ4v) is 3.20. The van der Waals surface area contributed by atoms with Crippen molar-refractivity contribution in [3.8, 4) is 0 Å². The number of carboxylic acids is 1. The fraction of sp³-hybridized carbons (Fsp3) is 0.316. The highest BCUT2D eigenvalue weighted by atomic mass is 16.4. The molecule has 3 N–H and O–H groups in total. The molecule has 0 spiro atoms. The number of carboxylic acid groups (broad SMARTS) is 1. The largest absolute Gasteiger partial charge is 0.481 e. The number of aryl methyl sites for hydroxylation is 2. The van der Waals surface area contributed by atoms with E-state index in [9.17, 15) is 14.4 Å². The molecule has 0 atom stereocenters. The first kappa shape index (κ1) is 17.0. The third-order valence-electron chi connectivity index (χ3n) is 4.50. The topological polar surface area (TPSA) is 99.3 Å². The molecule has 25 heavy (non-hydrogen) atoms. The zero-order valence-electron chi connectivity index (χ0n) is 14.0. The van der Waals surface area contributed by atoms with Gasteiger partial charge in [0.2, 0.25) is 0 Å². The number of H-pyrrole nitrogens is 1. The minimum atomic E-state index is -0.835. The van der Waals surface area contributed by atoms with Crippen LogP contribution in [0.4, 0.5) is 5.69 Å². The lowest BCUT2D eigenvalue weighted by Crippen LogP contribution is -2.14. The van der Waals surface area contributed by atoms with E-state index in [1.807, 2.05) is 0 Å². The molecule has 1 aromatic carbocycles. The lowest BCUT2D eigenvalue weighted by Gasteiger charge is -2.09. The number of aromatic amines is 1. The number of Topliss-reactive ketones (excluding diaryl/α,β-unsaturated/α-hetero) is 1. The maximum Gasteiger partial charge on any atom is 0.303 e. The molecule has 0 aliphatic heterocycles. The van der Waals surface area contributed by atoms with Crippen LogP contribution in [-0.2, 0) is 17.6 Å². The number of nitrogens with one attached hydrogen (secondary N) is 2. The Labute approximate surface area is 145 Å². The van der Waals surface area contributed by atoms with Crippen molar-refractivity contribution in [2.24, 2.45) is 0 Å². The van der Waals surface area contributed by atoms with E-state index in [1.54, 1.807) is 31.2 Å². The molecule has 0 unspecified atom stereocenters. The summed E-state index contributed by atoms with van der Waals surface area (Å²) >= 11 is 0. The molecule has 1 aliphatic rings. The lowest BCUT2D eigenvalue weighted by atomic mass is 9.94. The Bertz CT molecular complexity index is 834. The van der Waals surface area contributed by atoms with Crippen molar-refractivity contribution in [3.63, 3.8) is 0 Å². The van der Waals surface area contributed by atoms with Crippen molar-refractivity contribution in [3.05, 3.63) is 52.3 Å². The monoisotopic (exact) mass is 340 g/mol. The summed E-state index contributed by atoms with van der Waals surface area (Å²) in [6.45, 7) is 1.79. The maximum absolute atomic E-state index is 12.5. The van der Waals surface area contributed by atoms with E-state index in [1.165, 1.54) is 0 Å². The van der Waals surface area contributed by atoms with E-state index in [0.29, 0.717) is 35.3 Å². The summed E-state index contributed by atoms with van der Waals surface area (Å²) in [5.41, 5.74) is 4.17. The Morgan fingerprint density at radius 3 is 2.56 bits per heavy atom.